The molecule has 0 spiro atoms. The van der Waals surface area contributed by atoms with Crippen LogP contribution < -0.4 is 4.74 Å². The molecule has 7 nitrogen and oxygen atoms in total. The number of ether oxygens (including phenoxy) is 1. The van der Waals surface area contributed by atoms with Crippen LogP contribution in [0.5, 0.6) is 5.75 Å². The average molecular weight is 483 g/mol. The van der Waals surface area contributed by atoms with Gasteiger partial charge in [0.1, 0.15) is 28.2 Å². The van der Waals surface area contributed by atoms with Crippen LogP contribution in [-0.2, 0) is 21.8 Å². The molecule has 1 unspecified atom stereocenters. The van der Waals surface area contributed by atoms with Crippen LogP contribution in [-0.4, -0.2) is 41.7 Å². The first-order valence-corrected chi connectivity index (χ1v) is 14.7. The summed E-state index contributed by atoms with van der Waals surface area (Å²) in [6.45, 7) is 18.2. The van der Waals surface area contributed by atoms with Crippen LogP contribution in [0.15, 0.2) is 21.6 Å². The standard InChI is InChI=1S/C22H35FN4O3SSi/c1-15(26-31(28)20(2,3)4)18-11-17(23)10-16-12-22(13-25-27-24,30-19(16)18)14-29-32(8,9)21(5,6)7/h10-11H,12-14H2,1-9H3/b26-15+/t22?,31-/m1/s1. The molecule has 32 heavy (non-hydrogen) atoms. The molecule has 1 aliphatic heterocycles. The number of hydrogen-bond donors (Lipinski definition) is 0. The summed E-state index contributed by atoms with van der Waals surface area (Å²) in [7, 11) is -3.60. The summed E-state index contributed by atoms with van der Waals surface area (Å²) in [5, 5.41) is 3.76. The second-order valence-electron chi connectivity index (χ2n) is 10.9. The van der Waals surface area contributed by atoms with Crippen LogP contribution in [0.3, 0.4) is 0 Å². The lowest BCUT2D eigenvalue weighted by atomic mass is 9.97. The van der Waals surface area contributed by atoms with E-state index in [1.165, 1.54) is 12.1 Å². The fourth-order valence-electron chi connectivity index (χ4n) is 2.98. The van der Waals surface area contributed by atoms with Crippen LogP contribution in [0.4, 0.5) is 4.39 Å². The molecular formula is C22H35FN4O3SSi. The molecule has 0 amide bonds. The molecular weight excluding hydrogens is 447 g/mol. The van der Waals surface area contributed by atoms with Crippen LogP contribution in [0.2, 0.25) is 18.1 Å². The Morgan fingerprint density at radius 1 is 1.31 bits per heavy atom. The number of azide groups is 1. The van der Waals surface area contributed by atoms with E-state index < -0.39 is 35.5 Å². The number of benzene rings is 1. The number of rotatable bonds is 7. The second kappa shape index (κ2) is 9.25. The minimum Gasteiger partial charge on any atom is -0.483 e. The van der Waals surface area contributed by atoms with Gasteiger partial charge in [0.2, 0.25) is 0 Å². The third-order valence-corrected chi connectivity index (χ3v) is 12.0. The van der Waals surface area contributed by atoms with Crippen molar-refractivity contribution in [3.8, 4) is 5.75 Å². The van der Waals surface area contributed by atoms with Crippen molar-refractivity contribution < 1.29 is 17.8 Å². The number of hydrogen-bond acceptors (Lipinski definition) is 4. The molecule has 0 saturated heterocycles. The molecule has 0 aromatic heterocycles. The van der Waals surface area contributed by atoms with E-state index in [4.69, 9.17) is 14.7 Å². The summed E-state index contributed by atoms with van der Waals surface area (Å²) in [5.41, 5.74) is 9.54. The Kier molecular flexibility index (Phi) is 7.66. The van der Waals surface area contributed by atoms with Crippen LogP contribution >= 0.6 is 0 Å². The van der Waals surface area contributed by atoms with E-state index in [9.17, 15) is 8.60 Å². The zero-order chi connectivity index (χ0) is 24.5. The van der Waals surface area contributed by atoms with E-state index in [-0.39, 0.29) is 18.2 Å². The first kappa shape index (κ1) is 26.5. The van der Waals surface area contributed by atoms with Gasteiger partial charge in [0, 0.05) is 22.5 Å². The lowest BCUT2D eigenvalue weighted by Gasteiger charge is -2.39. The Balaban J connectivity index is 2.46. The monoisotopic (exact) mass is 482 g/mol. The smallest absolute Gasteiger partial charge is 0.192 e. The maximum absolute atomic E-state index is 14.5. The molecule has 178 valence electrons. The predicted octanol–water partition coefficient (Wildman–Crippen LogP) is 6.10. The molecule has 0 radical (unpaired) electrons. The van der Waals surface area contributed by atoms with Crippen LogP contribution in [0.1, 0.15) is 59.6 Å². The average Bonchev–Trinajstić information content (AvgIpc) is 3.01. The Labute approximate surface area is 194 Å². The van der Waals surface area contributed by atoms with Crippen molar-refractivity contribution in [1.82, 2.24) is 0 Å². The zero-order valence-corrected chi connectivity index (χ0v) is 22.4. The fraction of sp³-hybridized carbons (Fsp3) is 0.682. The predicted molar refractivity (Wildman–Crippen MR) is 131 cm³/mol. The van der Waals surface area contributed by atoms with Gasteiger partial charge in [-0.15, -0.1) is 0 Å². The number of nitrogens with zero attached hydrogens (tertiary/aromatic N) is 4. The zero-order valence-electron chi connectivity index (χ0n) is 20.6. The van der Waals surface area contributed by atoms with Gasteiger partial charge in [0.25, 0.3) is 0 Å². The summed E-state index contributed by atoms with van der Waals surface area (Å²) < 4.78 is 43.6. The van der Waals surface area contributed by atoms with Gasteiger partial charge in [-0.05, 0) is 63.5 Å². The Morgan fingerprint density at radius 3 is 2.47 bits per heavy atom. The highest BCUT2D eigenvalue weighted by atomic mass is 32.2. The van der Waals surface area contributed by atoms with Crippen molar-refractivity contribution in [3.63, 3.8) is 0 Å². The van der Waals surface area contributed by atoms with Crippen molar-refractivity contribution >= 4 is 25.0 Å². The summed E-state index contributed by atoms with van der Waals surface area (Å²) in [4.78, 5) is 2.90. The SMILES string of the molecule is C/C(=N\[S@](=O)C(C)(C)C)c1cc(F)cc2c1OC(CN=[N+]=[N-])(CO[Si](C)(C)C(C)(C)C)C2. The van der Waals surface area contributed by atoms with Crippen LogP contribution in [0.25, 0.3) is 10.4 Å². The molecule has 10 heteroatoms. The Hall–Kier alpha value is -1.74. The van der Waals surface area contributed by atoms with Crippen molar-refractivity contribution in [2.75, 3.05) is 13.2 Å². The van der Waals surface area contributed by atoms with Gasteiger partial charge in [0.05, 0.1) is 23.6 Å². The minimum absolute atomic E-state index is 0.00429. The summed E-state index contributed by atoms with van der Waals surface area (Å²) in [5.74, 6) is 0.0499. The third-order valence-electron chi connectivity index (χ3n) is 6.02. The third kappa shape index (κ3) is 5.98. The molecule has 0 aliphatic carbocycles. The molecule has 1 heterocycles. The van der Waals surface area contributed by atoms with Gasteiger partial charge in [-0.2, -0.15) is 4.40 Å². The molecule has 1 aliphatic rings. The highest BCUT2D eigenvalue weighted by molar-refractivity contribution is 7.85. The minimum atomic E-state index is -2.10. The van der Waals surface area contributed by atoms with E-state index in [1.807, 2.05) is 20.8 Å². The quantitative estimate of drug-likeness (QED) is 0.154. The van der Waals surface area contributed by atoms with Gasteiger partial charge in [-0.25, -0.2) is 8.60 Å². The highest BCUT2D eigenvalue weighted by Crippen LogP contribution is 2.42. The molecule has 0 fully saturated rings. The molecule has 0 N–H and O–H groups in total. The lowest BCUT2D eigenvalue weighted by Crippen LogP contribution is -2.49. The second-order valence-corrected chi connectivity index (χ2v) is 17.6. The van der Waals surface area contributed by atoms with E-state index in [2.05, 4.69) is 48.3 Å². The first-order valence-electron chi connectivity index (χ1n) is 10.7. The van der Waals surface area contributed by atoms with E-state index in [1.54, 1.807) is 6.92 Å². The van der Waals surface area contributed by atoms with Crippen molar-refractivity contribution in [1.29, 1.82) is 0 Å². The normalized spacial score (nSPS) is 20.4. The summed E-state index contributed by atoms with van der Waals surface area (Å²) in [6, 6.07) is 2.77. The first-order chi connectivity index (χ1) is 14.5. The fourth-order valence-corrected chi connectivity index (χ4v) is 4.66. The van der Waals surface area contributed by atoms with Crippen molar-refractivity contribution in [2.24, 2.45) is 9.51 Å². The Morgan fingerprint density at radius 2 is 1.94 bits per heavy atom. The van der Waals surface area contributed by atoms with Gasteiger partial charge in [-0.3, -0.25) is 0 Å². The van der Waals surface area contributed by atoms with E-state index in [0.29, 0.717) is 29.0 Å². The number of fused-ring (bicyclic) bond motifs is 1. The molecule has 2 rings (SSSR count). The van der Waals surface area contributed by atoms with Crippen LogP contribution in [0, 0.1) is 5.82 Å². The Bertz CT molecular complexity index is 979. The van der Waals surface area contributed by atoms with Gasteiger partial charge < -0.3 is 9.16 Å². The lowest BCUT2D eigenvalue weighted by molar-refractivity contribution is 0.0408. The molecule has 0 saturated carbocycles. The molecule has 0 bridgehead atoms. The van der Waals surface area contributed by atoms with Gasteiger partial charge >= 0.3 is 0 Å². The summed E-state index contributed by atoms with van der Waals surface area (Å²) in [6.07, 6.45) is 0.344. The highest BCUT2D eigenvalue weighted by Gasteiger charge is 2.45. The topological polar surface area (TPSA) is 96.7 Å². The summed E-state index contributed by atoms with van der Waals surface area (Å²) >= 11 is 0. The molecule has 1 aromatic carbocycles. The maximum atomic E-state index is 14.5. The largest absolute Gasteiger partial charge is 0.483 e. The molecule has 1 aromatic rings. The van der Waals surface area contributed by atoms with Gasteiger partial charge in [0.15, 0.2) is 8.32 Å². The van der Waals surface area contributed by atoms with E-state index in [0.717, 1.165) is 0 Å². The molecule has 2 atom stereocenters. The number of halogens is 1. The van der Waals surface area contributed by atoms with E-state index >= 15 is 0 Å². The maximum Gasteiger partial charge on any atom is 0.192 e. The van der Waals surface area contributed by atoms with Crippen molar-refractivity contribution in [2.45, 2.75) is 83.4 Å². The van der Waals surface area contributed by atoms with Crippen molar-refractivity contribution in [3.05, 3.63) is 39.5 Å². The van der Waals surface area contributed by atoms with Gasteiger partial charge in [-0.1, -0.05) is 25.9 Å².